The number of hydrogen-bond donors (Lipinski definition) is 1. The maximum Gasteiger partial charge on any atom is 0.412 e. The second-order valence-electron chi connectivity index (χ2n) is 3.00. The Bertz CT molecular complexity index is 320. The van der Waals surface area contributed by atoms with Gasteiger partial charge in [0.1, 0.15) is 0 Å². The number of nitrogens with zero attached hydrogens (tertiary/aromatic N) is 2. The zero-order valence-corrected chi connectivity index (χ0v) is 7.72. The lowest BCUT2D eigenvalue weighted by molar-refractivity contribution is -0.468. The van der Waals surface area contributed by atoms with Gasteiger partial charge in [0.2, 0.25) is 0 Å². The molecule has 1 saturated heterocycles. The van der Waals surface area contributed by atoms with Crippen LogP contribution in [0.1, 0.15) is 6.92 Å². The molecule has 0 aromatic heterocycles. The monoisotopic (exact) mass is 252 g/mol. The van der Waals surface area contributed by atoms with E-state index in [2.05, 4.69) is 0 Å². The molecular weight excluding hydrogens is 246 g/mol. The highest BCUT2D eigenvalue weighted by Crippen LogP contribution is 2.51. The summed E-state index contributed by atoms with van der Waals surface area (Å²) in [6.07, 6.45) is 0. The van der Waals surface area contributed by atoms with Crippen molar-refractivity contribution in [2.75, 3.05) is 6.54 Å². The predicted molar refractivity (Wildman–Crippen MR) is 35.9 cm³/mol. The standard InChI is InChI=1S/C6H6F6N2O2/c1-2-13-3(15)4(7,8)5(9,10)6(11,12)14(13)16/h16H,2H2,1H3. The molecule has 10 heteroatoms. The third-order valence-corrected chi connectivity index (χ3v) is 2.05. The third kappa shape index (κ3) is 1.22. The summed E-state index contributed by atoms with van der Waals surface area (Å²) in [5, 5.41) is 6.59. The molecule has 1 amide bonds. The van der Waals surface area contributed by atoms with Crippen molar-refractivity contribution >= 4 is 5.91 Å². The minimum atomic E-state index is -5.99. The van der Waals surface area contributed by atoms with Gasteiger partial charge in [-0.3, -0.25) is 10.0 Å². The Labute approximate surface area is 85.0 Å². The maximum atomic E-state index is 12.7. The Kier molecular flexibility index (Phi) is 2.63. The Balaban J connectivity index is 3.34. The van der Waals surface area contributed by atoms with E-state index in [1.54, 1.807) is 0 Å². The van der Waals surface area contributed by atoms with Crippen molar-refractivity contribution in [3.8, 4) is 0 Å². The zero-order chi connectivity index (χ0) is 12.9. The third-order valence-electron chi connectivity index (χ3n) is 2.05. The largest absolute Gasteiger partial charge is 0.412 e. The first kappa shape index (κ1) is 13.0. The van der Waals surface area contributed by atoms with Crippen LogP contribution in [0.4, 0.5) is 26.3 Å². The number of hydroxylamine groups is 1. The first-order valence-electron chi connectivity index (χ1n) is 3.96. The maximum absolute atomic E-state index is 12.7. The SMILES string of the molecule is CCN1C(=O)C(F)(F)C(F)(F)C(F)(F)N1O. The normalized spacial score (nSPS) is 28.2. The van der Waals surface area contributed by atoms with Crippen molar-refractivity contribution in [1.82, 2.24) is 10.2 Å². The van der Waals surface area contributed by atoms with Crippen molar-refractivity contribution in [3.63, 3.8) is 0 Å². The van der Waals surface area contributed by atoms with Crippen LogP contribution >= 0.6 is 0 Å². The van der Waals surface area contributed by atoms with Crippen LogP contribution in [0.2, 0.25) is 0 Å². The van der Waals surface area contributed by atoms with Crippen molar-refractivity contribution in [2.45, 2.75) is 24.8 Å². The van der Waals surface area contributed by atoms with Gasteiger partial charge in [-0.05, 0) is 12.1 Å². The van der Waals surface area contributed by atoms with E-state index in [0.29, 0.717) is 0 Å². The number of hydrogen-bond acceptors (Lipinski definition) is 3. The van der Waals surface area contributed by atoms with Gasteiger partial charge in [0.25, 0.3) is 0 Å². The van der Waals surface area contributed by atoms with Crippen LogP contribution in [-0.4, -0.2) is 45.7 Å². The summed E-state index contributed by atoms with van der Waals surface area (Å²) < 4.78 is 76.2. The van der Waals surface area contributed by atoms with Gasteiger partial charge < -0.3 is 0 Å². The molecule has 0 atom stereocenters. The van der Waals surface area contributed by atoms with Gasteiger partial charge in [0, 0.05) is 6.54 Å². The summed E-state index contributed by atoms with van der Waals surface area (Å²) in [5.74, 6) is -14.2. The van der Waals surface area contributed by atoms with Crippen molar-refractivity contribution in [1.29, 1.82) is 0 Å². The van der Waals surface area contributed by atoms with Crippen LogP contribution in [0, 0.1) is 0 Å². The number of carbonyl (C=O) groups is 1. The van der Waals surface area contributed by atoms with Crippen LogP contribution < -0.4 is 0 Å². The van der Waals surface area contributed by atoms with E-state index in [4.69, 9.17) is 5.21 Å². The highest BCUT2D eigenvalue weighted by molar-refractivity contribution is 5.85. The van der Waals surface area contributed by atoms with Gasteiger partial charge in [0.05, 0.1) is 0 Å². The van der Waals surface area contributed by atoms with E-state index in [1.807, 2.05) is 0 Å². The van der Waals surface area contributed by atoms with Crippen LogP contribution in [-0.2, 0) is 4.79 Å². The topological polar surface area (TPSA) is 43.8 Å². The smallest absolute Gasteiger partial charge is 0.289 e. The van der Waals surface area contributed by atoms with E-state index in [0.717, 1.165) is 6.92 Å². The summed E-state index contributed by atoms with van der Waals surface area (Å²) in [6.45, 7) is 0.146. The molecule has 1 heterocycles. The number of halogens is 6. The molecule has 1 fully saturated rings. The lowest BCUT2D eigenvalue weighted by atomic mass is 10.1. The lowest BCUT2D eigenvalue weighted by Crippen LogP contribution is -2.75. The highest BCUT2D eigenvalue weighted by atomic mass is 19.3. The van der Waals surface area contributed by atoms with Gasteiger partial charge in [-0.2, -0.15) is 26.3 Å². The highest BCUT2D eigenvalue weighted by Gasteiger charge is 2.82. The summed E-state index contributed by atoms with van der Waals surface area (Å²) in [4.78, 5) is 10.8. The summed E-state index contributed by atoms with van der Waals surface area (Å²) in [5.41, 5.74) is 0. The summed E-state index contributed by atoms with van der Waals surface area (Å²) in [6, 6.07) is -5.57. The Morgan fingerprint density at radius 2 is 1.62 bits per heavy atom. The van der Waals surface area contributed by atoms with E-state index in [9.17, 15) is 31.1 Å². The molecule has 1 rings (SSSR count). The molecule has 0 unspecified atom stereocenters. The molecule has 4 nitrogen and oxygen atoms in total. The Morgan fingerprint density at radius 3 is 2.00 bits per heavy atom. The first-order chi connectivity index (χ1) is 7.01. The summed E-state index contributed by atoms with van der Waals surface area (Å²) >= 11 is 0. The van der Waals surface area contributed by atoms with E-state index >= 15 is 0 Å². The number of hydrazine groups is 1. The molecule has 0 saturated carbocycles. The average Bonchev–Trinajstić information content (AvgIpc) is 2.16. The summed E-state index contributed by atoms with van der Waals surface area (Å²) in [7, 11) is 0. The molecule has 1 aliphatic heterocycles. The number of rotatable bonds is 1. The second kappa shape index (κ2) is 3.23. The lowest BCUT2D eigenvalue weighted by Gasteiger charge is -2.45. The van der Waals surface area contributed by atoms with Gasteiger partial charge in [-0.25, -0.2) is 5.01 Å². The molecule has 1 aliphatic rings. The van der Waals surface area contributed by atoms with Gasteiger partial charge in [0.15, 0.2) is 0 Å². The minimum absolute atomic E-state index is 0.558. The van der Waals surface area contributed by atoms with Gasteiger partial charge in [-0.15, -0.1) is 0 Å². The molecule has 16 heavy (non-hydrogen) atoms. The van der Waals surface area contributed by atoms with Crippen molar-refractivity contribution in [3.05, 3.63) is 0 Å². The second-order valence-corrected chi connectivity index (χ2v) is 3.00. The predicted octanol–water partition coefficient (Wildman–Crippen LogP) is 1.32. The van der Waals surface area contributed by atoms with Crippen LogP contribution in [0.3, 0.4) is 0 Å². The van der Waals surface area contributed by atoms with Crippen molar-refractivity contribution in [2.24, 2.45) is 0 Å². The van der Waals surface area contributed by atoms with Crippen LogP contribution in [0.25, 0.3) is 0 Å². The van der Waals surface area contributed by atoms with Gasteiger partial charge in [-0.1, -0.05) is 0 Å². The molecule has 0 radical (unpaired) electrons. The number of alkyl halides is 6. The number of amides is 1. The van der Waals surface area contributed by atoms with E-state index < -0.39 is 40.5 Å². The van der Waals surface area contributed by atoms with Crippen molar-refractivity contribution < 1.29 is 36.3 Å². The minimum Gasteiger partial charge on any atom is -0.289 e. The Hall–Kier alpha value is -1.03. The molecule has 0 aromatic carbocycles. The first-order valence-corrected chi connectivity index (χ1v) is 3.96. The van der Waals surface area contributed by atoms with Crippen LogP contribution in [0.15, 0.2) is 0 Å². The fraction of sp³-hybridized carbons (Fsp3) is 0.833. The molecule has 0 spiro atoms. The number of carbonyl (C=O) groups excluding carboxylic acids is 1. The average molecular weight is 252 g/mol. The van der Waals surface area contributed by atoms with E-state index in [1.165, 1.54) is 0 Å². The molecule has 0 bridgehead atoms. The molecular formula is C6H6F6N2O2. The molecule has 0 aliphatic carbocycles. The Morgan fingerprint density at radius 1 is 1.19 bits per heavy atom. The van der Waals surface area contributed by atoms with Crippen LogP contribution in [0.5, 0.6) is 0 Å². The zero-order valence-electron chi connectivity index (χ0n) is 7.72. The fourth-order valence-electron chi connectivity index (χ4n) is 1.13. The molecule has 1 N–H and O–H groups in total. The molecule has 0 aromatic rings. The van der Waals surface area contributed by atoms with E-state index in [-0.39, 0.29) is 0 Å². The quantitative estimate of drug-likeness (QED) is 0.565. The molecule has 94 valence electrons. The van der Waals surface area contributed by atoms with Gasteiger partial charge >= 0.3 is 23.8 Å². The fourth-order valence-corrected chi connectivity index (χ4v) is 1.13.